The molecular formula is C16H15ClFNO2. The molecule has 1 aliphatic heterocycles. The van der Waals surface area contributed by atoms with E-state index in [4.69, 9.17) is 21.1 Å². The first kappa shape index (κ1) is 14.0. The Hall–Kier alpha value is -1.94. The number of nitrogens with one attached hydrogen (secondary N) is 1. The van der Waals surface area contributed by atoms with E-state index in [-0.39, 0.29) is 5.82 Å². The largest absolute Gasteiger partial charge is 0.486 e. The molecule has 0 bridgehead atoms. The van der Waals surface area contributed by atoms with Crippen molar-refractivity contribution in [3.63, 3.8) is 0 Å². The van der Waals surface area contributed by atoms with E-state index in [9.17, 15) is 4.39 Å². The molecule has 0 unspecified atom stereocenters. The summed E-state index contributed by atoms with van der Waals surface area (Å²) >= 11 is 6.19. The van der Waals surface area contributed by atoms with Crippen LogP contribution in [0.25, 0.3) is 0 Å². The number of hydrogen-bond acceptors (Lipinski definition) is 3. The fraction of sp³-hybridized carbons (Fsp3) is 0.250. The molecule has 110 valence electrons. The zero-order valence-corrected chi connectivity index (χ0v) is 12.3. The summed E-state index contributed by atoms with van der Waals surface area (Å²) in [5, 5.41) is 3.74. The van der Waals surface area contributed by atoms with Crippen molar-refractivity contribution in [3.05, 3.63) is 52.3 Å². The molecule has 3 nitrogen and oxygen atoms in total. The maximum Gasteiger partial charge on any atom is 0.179 e. The third kappa shape index (κ3) is 2.90. The second-order valence-electron chi connectivity index (χ2n) is 4.87. The molecule has 21 heavy (non-hydrogen) atoms. The zero-order valence-electron chi connectivity index (χ0n) is 11.6. The van der Waals surface area contributed by atoms with E-state index < -0.39 is 0 Å². The normalized spacial score (nSPS) is 13.1. The van der Waals surface area contributed by atoms with Crippen LogP contribution in [0.15, 0.2) is 30.3 Å². The Bertz CT molecular complexity index is 676. The number of fused-ring (bicyclic) bond motifs is 1. The Morgan fingerprint density at radius 3 is 2.90 bits per heavy atom. The van der Waals surface area contributed by atoms with Crippen LogP contribution < -0.4 is 14.8 Å². The lowest BCUT2D eigenvalue weighted by Gasteiger charge is -2.20. The van der Waals surface area contributed by atoms with Gasteiger partial charge in [-0.15, -0.1) is 0 Å². The van der Waals surface area contributed by atoms with Crippen molar-refractivity contribution in [2.45, 2.75) is 13.5 Å². The average molecular weight is 308 g/mol. The summed E-state index contributed by atoms with van der Waals surface area (Å²) in [7, 11) is 0. The minimum absolute atomic E-state index is 0.222. The van der Waals surface area contributed by atoms with Gasteiger partial charge in [-0.25, -0.2) is 4.39 Å². The predicted octanol–water partition coefficient (Wildman–Crippen LogP) is 4.17. The van der Waals surface area contributed by atoms with E-state index in [1.807, 2.05) is 18.2 Å². The molecular weight excluding hydrogens is 293 g/mol. The highest BCUT2D eigenvalue weighted by Gasteiger charge is 2.16. The summed E-state index contributed by atoms with van der Waals surface area (Å²) in [4.78, 5) is 0. The summed E-state index contributed by atoms with van der Waals surface area (Å²) in [6.45, 7) is 3.30. The van der Waals surface area contributed by atoms with Gasteiger partial charge in [0.25, 0.3) is 0 Å². The van der Waals surface area contributed by atoms with Gasteiger partial charge < -0.3 is 14.8 Å². The molecule has 1 heterocycles. The van der Waals surface area contributed by atoms with Crippen LogP contribution in [0.4, 0.5) is 10.1 Å². The molecule has 2 aromatic carbocycles. The average Bonchev–Trinajstić information content (AvgIpc) is 2.49. The third-order valence-electron chi connectivity index (χ3n) is 3.41. The highest BCUT2D eigenvalue weighted by Crippen LogP contribution is 2.38. The lowest BCUT2D eigenvalue weighted by atomic mass is 10.1. The molecule has 0 saturated heterocycles. The lowest BCUT2D eigenvalue weighted by molar-refractivity contribution is 0.171. The van der Waals surface area contributed by atoms with Gasteiger partial charge in [0.05, 0.1) is 5.02 Å². The van der Waals surface area contributed by atoms with Gasteiger partial charge in [-0.2, -0.15) is 0 Å². The van der Waals surface area contributed by atoms with Crippen molar-refractivity contribution in [1.82, 2.24) is 0 Å². The van der Waals surface area contributed by atoms with E-state index in [2.05, 4.69) is 5.32 Å². The van der Waals surface area contributed by atoms with Crippen LogP contribution in [0.5, 0.6) is 11.5 Å². The highest BCUT2D eigenvalue weighted by molar-refractivity contribution is 6.32. The molecule has 0 atom stereocenters. The summed E-state index contributed by atoms with van der Waals surface area (Å²) in [5.41, 5.74) is 2.31. The Morgan fingerprint density at radius 1 is 1.24 bits per heavy atom. The zero-order chi connectivity index (χ0) is 14.8. The van der Waals surface area contributed by atoms with Gasteiger partial charge in [-0.3, -0.25) is 0 Å². The summed E-state index contributed by atoms with van der Waals surface area (Å²) < 4.78 is 24.5. The van der Waals surface area contributed by atoms with Gasteiger partial charge in [-0.1, -0.05) is 17.7 Å². The molecule has 0 fully saturated rings. The van der Waals surface area contributed by atoms with Crippen LogP contribution in [0.1, 0.15) is 11.1 Å². The second-order valence-corrected chi connectivity index (χ2v) is 5.27. The molecule has 0 amide bonds. The van der Waals surface area contributed by atoms with Crippen LogP contribution in [-0.4, -0.2) is 13.2 Å². The molecule has 0 aromatic heterocycles. The summed E-state index contributed by atoms with van der Waals surface area (Å²) in [6, 6.07) is 8.69. The Kier molecular flexibility index (Phi) is 3.88. The Labute approximate surface area is 127 Å². The Morgan fingerprint density at radius 2 is 2.05 bits per heavy atom. The van der Waals surface area contributed by atoms with Gasteiger partial charge in [-0.05, 0) is 36.8 Å². The van der Waals surface area contributed by atoms with Gasteiger partial charge in [0.1, 0.15) is 19.0 Å². The minimum atomic E-state index is -0.222. The fourth-order valence-electron chi connectivity index (χ4n) is 2.26. The van der Waals surface area contributed by atoms with E-state index in [1.54, 1.807) is 13.0 Å². The molecule has 0 radical (unpaired) electrons. The number of anilines is 1. The molecule has 0 spiro atoms. The van der Waals surface area contributed by atoms with Gasteiger partial charge in [0.15, 0.2) is 11.5 Å². The maximum absolute atomic E-state index is 13.5. The molecule has 1 N–H and O–H groups in total. The van der Waals surface area contributed by atoms with Gasteiger partial charge in [0, 0.05) is 17.8 Å². The molecule has 2 aromatic rings. The third-order valence-corrected chi connectivity index (χ3v) is 3.69. The topological polar surface area (TPSA) is 30.5 Å². The standard InChI is InChI=1S/C16H15ClFNO2/c1-10-13(18)3-2-4-14(10)19-9-11-7-12(17)16-15(8-11)20-5-6-21-16/h2-4,7-8,19H,5-6,9H2,1H3. The number of benzene rings is 2. The number of rotatable bonds is 3. The maximum atomic E-state index is 13.5. The lowest BCUT2D eigenvalue weighted by Crippen LogP contribution is -2.16. The van der Waals surface area contributed by atoms with Crippen LogP contribution in [-0.2, 0) is 6.54 Å². The Balaban J connectivity index is 1.79. The van der Waals surface area contributed by atoms with E-state index in [1.165, 1.54) is 6.07 Å². The molecule has 0 saturated carbocycles. The quantitative estimate of drug-likeness (QED) is 0.923. The predicted molar refractivity (Wildman–Crippen MR) is 80.9 cm³/mol. The fourth-order valence-corrected chi connectivity index (χ4v) is 2.55. The molecule has 3 rings (SSSR count). The first-order valence-corrected chi connectivity index (χ1v) is 7.10. The smallest absolute Gasteiger partial charge is 0.179 e. The van der Waals surface area contributed by atoms with Crippen molar-refractivity contribution in [2.75, 3.05) is 18.5 Å². The SMILES string of the molecule is Cc1c(F)cccc1NCc1cc(Cl)c2c(c1)OCCO2. The van der Waals surface area contributed by atoms with E-state index >= 15 is 0 Å². The minimum Gasteiger partial charge on any atom is -0.486 e. The van der Waals surface area contributed by atoms with Crippen LogP contribution in [0.2, 0.25) is 5.02 Å². The monoisotopic (exact) mass is 307 g/mol. The first-order chi connectivity index (χ1) is 10.1. The first-order valence-electron chi connectivity index (χ1n) is 6.72. The van der Waals surface area contributed by atoms with E-state index in [0.29, 0.717) is 41.8 Å². The number of halogens is 2. The van der Waals surface area contributed by atoms with Crippen LogP contribution >= 0.6 is 11.6 Å². The highest BCUT2D eigenvalue weighted by atomic mass is 35.5. The van der Waals surface area contributed by atoms with Crippen molar-refractivity contribution in [3.8, 4) is 11.5 Å². The van der Waals surface area contributed by atoms with Crippen molar-refractivity contribution >= 4 is 17.3 Å². The number of ether oxygens (including phenoxy) is 2. The second kappa shape index (κ2) is 5.82. The molecule has 1 aliphatic rings. The number of hydrogen-bond donors (Lipinski definition) is 1. The summed E-state index contributed by atoms with van der Waals surface area (Å²) in [5.74, 6) is 1.02. The molecule has 5 heteroatoms. The van der Waals surface area contributed by atoms with Crippen molar-refractivity contribution in [2.24, 2.45) is 0 Å². The molecule has 0 aliphatic carbocycles. The summed E-state index contributed by atoms with van der Waals surface area (Å²) in [6.07, 6.45) is 0. The van der Waals surface area contributed by atoms with Gasteiger partial charge in [0.2, 0.25) is 0 Å². The van der Waals surface area contributed by atoms with Crippen molar-refractivity contribution < 1.29 is 13.9 Å². The van der Waals surface area contributed by atoms with Gasteiger partial charge >= 0.3 is 0 Å². The van der Waals surface area contributed by atoms with Crippen LogP contribution in [0, 0.1) is 12.7 Å². The van der Waals surface area contributed by atoms with E-state index in [0.717, 1.165) is 11.3 Å². The van der Waals surface area contributed by atoms with Crippen LogP contribution in [0.3, 0.4) is 0 Å². The van der Waals surface area contributed by atoms with Crippen molar-refractivity contribution in [1.29, 1.82) is 0 Å².